The zero-order valence-corrected chi connectivity index (χ0v) is 17.7. The topological polar surface area (TPSA) is 110 Å². The molecular formula is C21H13Cl2FN6O2. The molecule has 8 nitrogen and oxygen atoms in total. The second kappa shape index (κ2) is 8.18. The van der Waals surface area contributed by atoms with Crippen molar-refractivity contribution in [1.29, 1.82) is 0 Å². The number of halogens is 3. The molecule has 2 aromatic carbocycles. The number of aromatic nitrogens is 5. The minimum absolute atomic E-state index is 0.139. The molecule has 3 heterocycles. The third-order valence-electron chi connectivity index (χ3n) is 4.80. The van der Waals surface area contributed by atoms with Gasteiger partial charge in [0.1, 0.15) is 11.3 Å². The Morgan fingerprint density at radius 2 is 2.00 bits per heavy atom. The van der Waals surface area contributed by atoms with E-state index in [0.717, 1.165) is 10.9 Å². The van der Waals surface area contributed by atoms with Gasteiger partial charge < -0.3 is 9.73 Å². The van der Waals surface area contributed by atoms with E-state index in [1.807, 2.05) is 0 Å². The molecule has 0 aliphatic carbocycles. The van der Waals surface area contributed by atoms with E-state index in [1.165, 1.54) is 12.3 Å². The van der Waals surface area contributed by atoms with Gasteiger partial charge >= 0.3 is 11.8 Å². The second-order valence-electron chi connectivity index (χ2n) is 7.02. The van der Waals surface area contributed by atoms with Gasteiger partial charge in [0.2, 0.25) is 5.89 Å². The molecule has 0 aliphatic rings. The molecule has 0 spiro atoms. The average Bonchev–Trinajstić information content (AvgIpc) is 3.38. The quantitative estimate of drug-likeness (QED) is 0.392. The van der Waals surface area contributed by atoms with Crippen molar-refractivity contribution in [3.63, 3.8) is 0 Å². The van der Waals surface area contributed by atoms with Crippen LogP contribution in [0.25, 0.3) is 21.8 Å². The number of rotatable bonds is 5. The van der Waals surface area contributed by atoms with Crippen LogP contribution in [0.15, 0.2) is 47.0 Å². The van der Waals surface area contributed by atoms with E-state index in [4.69, 9.17) is 27.6 Å². The number of amides is 1. The van der Waals surface area contributed by atoms with Crippen molar-refractivity contribution in [2.75, 3.05) is 0 Å². The predicted octanol–water partition coefficient (Wildman–Crippen LogP) is 4.46. The Morgan fingerprint density at radius 1 is 1.12 bits per heavy atom. The van der Waals surface area contributed by atoms with Gasteiger partial charge in [0.05, 0.1) is 29.2 Å². The van der Waals surface area contributed by atoms with E-state index in [0.29, 0.717) is 26.7 Å². The van der Waals surface area contributed by atoms with Gasteiger partial charge in [-0.2, -0.15) is 5.10 Å². The lowest BCUT2D eigenvalue weighted by atomic mass is 10.1. The van der Waals surface area contributed by atoms with E-state index < -0.39 is 11.7 Å². The van der Waals surface area contributed by atoms with Crippen molar-refractivity contribution in [3.8, 4) is 0 Å². The summed E-state index contributed by atoms with van der Waals surface area (Å²) in [7, 11) is 0. The Kier molecular flexibility index (Phi) is 5.20. The van der Waals surface area contributed by atoms with Crippen LogP contribution in [0, 0.1) is 5.82 Å². The third-order valence-corrected chi connectivity index (χ3v) is 5.24. The number of pyridine rings is 1. The summed E-state index contributed by atoms with van der Waals surface area (Å²) in [6.45, 7) is 0.139. The molecule has 2 N–H and O–H groups in total. The Bertz CT molecular complexity index is 1480. The highest BCUT2D eigenvalue weighted by Crippen LogP contribution is 2.23. The van der Waals surface area contributed by atoms with Crippen LogP contribution < -0.4 is 5.32 Å². The van der Waals surface area contributed by atoms with Crippen LogP contribution in [-0.4, -0.2) is 31.3 Å². The molecule has 11 heteroatoms. The maximum absolute atomic E-state index is 14.3. The number of fused-ring (bicyclic) bond motifs is 2. The van der Waals surface area contributed by atoms with Gasteiger partial charge in [-0.25, -0.2) is 4.39 Å². The lowest BCUT2D eigenvalue weighted by molar-refractivity contribution is 0.0914. The van der Waals surface area contributed by atoms with E-state index in [2.05, 4.69) is 30.7 Å². The van der Waals surface area contributed by atoms with Gasteiger partial charge in [-0.05, 0) is 42.0 Å². The van der Waals surface area contributed by atoms with E-state index in [1.54, 1.807) is 30.3 Å². The van der Waals surface area contributed by atoms with Crippen molar-refractivity contribution in [2.45, 2.75) is 13.0 Å². The zero-order chi connectivity index (χ0) is 22.2. The van der Waals surface area contributed by atoms with Gasteiger partial charge in [-0.1, -0.05) is 23.2 Å². The molecule has 32 heavy (non-hydrogen) atoms. The molecule has 160 valence electrons. The van der Waals surface area contributed by atoms with Crippen molar-refractivity contribution in [1.82, 2.24) is 30.7 Å². The molecular weight excluding hydrogens is 458 g/mol. The van der Waals surface area contributed by atoms with Crippen LogP contribution >= 0.6 is 23.2 Å². The van der Waals surface area contributed by atoms with Gasteiger partial charge in [0.25, 0.3) is 0 Å². The largest absolute Gasteiger partial charge is 0.417 e. The summed E-state index contributed by atoms with van der Waals surface area (Å²) in [5, 5.41) is 19.7. The Hall–Kier alpha value is -3.56. The predicted molar refractivity (Wildman–Crippen MR) is 116 cm³/mol. The third kappa shape index (κ3) is 4.00. The molecule has 0 radical (unpaired) electrons. The first-order chi connectivity index (χ1) is 15.5. The molecule has 0 aliphatic heterocycles. The average molecular weight is 471 g/mol. The molecule has 5 aromatic rings. The SMILES string of the molecule is O=C(NCc1n[nH]c2ccc(Cl)cc12)c1nnc(Cc2cc(F)c3ncc(Cl)cc3c2)o1. The summed E-state index contributed by atoms with van der Waals surface area (Å²) < 4.78 is 19.8. The Morgan fingerprint density at radius 3 is 2.88 bits per heavy atom. The normalized spacial score (nSPS) is 11.3. The first-order valence-electron chi connectivity index (χ1n) is 9.43. The van der Waals surface area contributed by atoms with Crippen LogP contribution in [0.2, 0.25) is 10.0 Å². The first-order valence-corrected chi connectivity index (χ1v) is 10.2. The molecule has 0 unspecified atom stereocenters. The van der Waals surface area contributed by atoms with Gasteiger partial charge in [-0.3, -0.25) is 14.9 Å². The molecule has 0 fully saturated rings. The summed E-state index contributed by atoms with van der Waals surface area (Å²) >= 11 is 12.0. The van der Waals surface area contributed by atoms with Crippen LogP contribution in [0.4, 0.5) is 4.39 Å². The second-order valence-corrected chi connectivity index (χ2v) is 7.90. The van der Waals surface area contributed by atoms with Crippen molar-refractivity contribution in [3.05, 3.63) is 81.5 Å². The Balaban J connectivity index is 1.29. The molecule has 3 aromatic heterocycles. The fraction of sp³-hybridized carbons (Fsp3) is 0.0952. The van der Waals surface area contributed by atoms with Crippen molar-refractivity contribution in [2.24, 2.45) is 0 Å². The van der Waals surface area contributed by atoms with Gasteiger partial charge in [0, 0.05) is 22.0 Å². The highest BCUT2D eigenvalue weighted by Gasteiger charge is 2.17. The number of carbonyl (C=O) groups excluding carboxylic acids is 1. The van der Waals surface area contributed by atoms with Crippen LogP contribution in [0.5, 0.6) is 0 Å². The number of H-pyrrole nitrogens is 1. The lowest BCUT2D eigenvalue weighted by Gasteiger charge is -2.03. The van der Waals surface area contributed by atoms with Crippen molar-refractivity contribution >= 4 is 50.9 Å². The molecule has 5 rings (SSSR count). The highest BCUT2D eigenvalue weighted by molar-refractivity contribution is 6.31. The summed E-state index contributed by atoms with van der Waals surface area (Å²) in [5.74, 6) is -1.08. The summed E-state index contributed by atoms with van der Waals surface area (Å²) in [6.07, 6.45) is 1.53. The molecule has 0 saturated carbocycles. The summed E-state index contributed by atoms with van der Waals surface area (Å²) in [5.41, 5.74) is 2.22. The molecule has 0 saturated heterocycles. The minimum Gasteiger partial charge on any atom is -0.417 e. The van der Waals surface area contributed by atoms with E-state index in [-0.39, 0.29) is 30.3 Å². The molecule has 1 amide bonds. The number of carbonyl (C=O) groups is 1. The van der Waals surface area contributed by atoms with E-state index >= 15 is 0 Å². The fourth-order valence-corrected chi connectivity index (χ4v) is 3.68. The summed E-state index contributed by atoms with van der Waals surface area (Å²) in [6, 6.07) is 10.0. The number of hydrogen-bond acceptors (Lipinski definition) is 6. The monoisotopic (exact) mass is 470 g/mol. The number of aromatic amines is 1. The Labute approximate surface area is 189 Å². The zero-order valence-electron chi connectivity index (χ0n) is 16.2. The number of nitrogens with zero attached hydrogens (tertiary/aromatic N) is 4. The number of nitrogens with one attached hydrogen (secondary N) is 2. The van der Waals surface area contributed by atoms with E-state index in [9.17, 15) is 9.18 Å². The van der Waals surface area contributed by atoms with Crippen LogP contribution in [-0.2, 0) is 13.0 Å². The molecule has 0 bridgehead atoms. The number of hydrogen-bond donors (Lipinski definition) is 2. The fourth-order valence-electron chi connectivity index (χ4n) is 3.35. The smallest absolute Gasteiger partial charge is 0.309 e. The van der Waals surface area contributed by atoms with Crippen LogP contribution in [0.1, 0.15) is 27.8 Å². The van der Waals surface area contributed by atoms with Gasteiger partial charge in [-0.15, -0.1) is 10.2 Å². The van der Waals surface area contributed by atoms with Gasteiger partial charge in [0.15, 0.2) is 0 Å². The standard InChI is InChI=1S/C21H13Cl2FN6O2/c22-12-1-2-16-14(7-12)17(28-27-16)9-26-20(31)21-30-29-18(32-21)5-10-3-11-6-13(23)8-25-19(11)15(24)4-10/h1-4,6-8H,5,9H2,(H,26,31)(H,27,28). The highest BCUT2D eigenvalue weighted by atomic mass is 35.5. The summed E-state index contributed by atoms with van der Waals surface area (Å²) in [4.78, 5) is 16.4. The van der Waals surface area contributed by atoms with Crippen molar-refractivity contribution < 1.29 is 13.6 Å². The maximum atomic E-state index is 14.3. The first kappa shape index (κ1) is 20.3. The maximum Gasteiger partial charge on any atom is 0.309 e. The number of benzene rings is 2. The van der Waals surface area contributed by atoms with Crippen LogP contribution in [0.3, 0.4) is 0 Å². The lowest BCUT2D eigenvalue weighted by Crippen LogP contribution is -2.23. The minimum atomic E-state index is -0.553. The molecule has 0 atom stereocenters.